The van der Waals surface area contributed by atoms with Crippen LogP contribution >= 0.6 is 0 Å². The number of amides is 2. The molecule has 0 saturated carbocycles. The van der Waals surface area contributed by atoms with E-state index in [-0.39, 0.29) is 17.7 Å². The summed E-state index contributed by atoms with van der Waals surface area (Å²) in [6, 6.07) is 10.4. The molecule has 3 rings (SSSR count). The predicted molar refractivity (Wildman–Crippen MR) is 115 cm³/mol. The second-order valence-corrected chi connectivity index (χ2v) is 7.99. The molecule has 1 aromatic heterocycles. The Labute approximate surface area is 183 Å². The number of rotatable bonds is 13. The van der Waals surface area contributed by atoms with Gasteiger partial charge in [0.2, 0.25) is 23.6 Å². The zero-order valence-corrected chi connectivity index (χ0v) is 18.2. The van der Waals surface area contributed by atoms with Gasteiger partial charge in [-0.25, -0.2) is 0 Å². The number of ether oxygens (including phenoxy) is 1. The minimum atomic E-state index is -0.0644. The lowest BCUT2D eigenvalue weighted by atomic mass is 10.1. The fraction of sp³-hybridized carbons (Fsp3) is 0.565. The van der Waals surface area contributed by atoms with Crippen molar-refractivity contribution < 1.29 is 18.7 Å². The van der Waals surface area contributed by atoms with E-state index in [1.807, 2.05) is 6.07 Å². The Morgan fingerprint density at radius 1 is 1.16 bits per heavy atom. The van der Waals surface area contributed by atoms with E-state index in [1.54, 1.807) is 12.0 Å². The first kappa shape index (κ1) is 22.9. The maximum absolute atomic E-state index is 12.1. The van der Waals surface area contributed by atoms with Crippen molar-refractivity contribution in [3.63, 3.8) is 0 Å². The standard InChI is InChI=1S/C23H32N4O4/c1-30-14-13-27-17-19(15-23(27)29)16-24-20(28)11-12-22-26-25-21(31-22)10-6-5-9-18-7-3-2-4-8-18/h2-4,7-8,19H,5-6,9-17H2,1H3,(H,24,28). The second kappa shape index (κ2) is 12.2. The molecule has 8 nitrogen and oxygen atoms in total. The van der Waals surface area contributed by atoms with Gasteiger partial charge in [0, 0.05) is 58.3 Å². The molecule has 168 valence electrons. The van der Waals surface area contributed by atoms with E-state index in [4.69, 9.17) is 9.15 Å². The smallest absolute Gasteiger partial charge is 0.223 e. The molecule has 8 heteroatoms. The van der Waals surface area contributed by atoms with Gasteiger partial charge in [-0.05, 0) is 24.8 Å². The molecular weight excluding hydrogens is 396 g/mol. The number of carbonyl (C=O) groups excluding carboxylic acids is 2. The van der Waals surface area contributed by atoms with E-state index >= 15 is 0 Å². The van der Waals surface area contributed by atoms with E-state index in [9.17, 15) is 9.59 Å². The average Bonchev–Trinajstić information content (AvgIpc) is 3.39. The van der Waals surface area contributed by atoms with E-state index in [2.05, 4.69) is 39.8 Å². The Morgan fingerprint density at radius 2 is 1.90 bits per heavy atom. The van der Waals surface area contributed by atoms with Gasteiger partial charge in [-0.15, -0.1) is 10.2 Å². The van der Waals surface area contributed by atoms with Gasteiger partial charge in [0.1, 0.15) is 0 Å². The molecule has 1 aliphatic rings. The number of hydrogen-bond acceptors (Lipinski definition) is 6. The molecule has 0 radical (unpaired) electrons. The maximum atomic E-state index is 12.1. The molecule has 2 heterocycles. The summed E-state index contributed by atoms with van der Waals surface area (Å²) < 4.78 is 10.7. The van der Waals surface area contributed by atoms with Crippen LogP contribution in [0.2, 0.25) is 0 Å². The highest BCUT2D eigenvalue weighted by atomic mass is 16.5. The quantitative estimate of drug-likeness (QED) is 0.491. The number of methoxy groups -OCH3 is 1. The lowest BCUT2D eigenvalue weighted by molar-refractivity contribution is -0.128. The lowest BCUT2D eigenvalue weighted by Crippen LogP contribution is -2.32. The third kappa shape index (κ3) is 7.79. The average molecular weight is 429 g/mol. The van der Waals surface area contributed by atoms with E-state index in [1.165, 1.54) is 5.56 Å². The number of unbranched alkanes of at least 4 members (excludes halogenated alkanes) is 1. The molecule has 1 fully saturated rings. The van der Waals surface area contributed by atoms with E-state index < -0.39 is 0 Å². The number of carbonyl (C=O) groups is 2. The minimum Gasteiger partial charge on any atom is -0.425 e. The van der Waals surface area contributed by atoms with Crippen LogP contribution in [0.5, 0.6) is 0 Å². The molecule has 0 bridgehead atoms. The normalized spacial score (nSPS) is 16.1. The molecule has 1 aliphatic heterocycles. The van der Waals surface area contributed by atoms with E-state index in [0.717, 1.165) is 25.7 Å². The summed E-state index contributed by atoms with van der Waals surface area (Å²) in [5.41, 5.74) is 1.34. The van der Waals surface area contributed by atoms with Crippen LogP contribution in [0.3, 0.4) is 0 Å². The van der Waals surface area contributed by atoms with Crippen molar-refractivity contribution in [1.82, 2.24) is 20.4 Å². The van der Waals surface area contributed by atoms with Gasteiger partial charge >= 0.3 is 0 Å². The van der Waals surface area contributed by atoms with Crippen LogP contribution in [0.1, 0.15) is 43.0 Å². The number of hydrogen-bond donors (Lipinski definition) is 1. The Bertz CT molecular complexity index is 824. The highest BCUT2D eigenvalue weighted by molar-refractivity contribution is 5.79. The van der Waals surface area contributed by atoms with Gasteiger partial charge in [0.25, 0.3) is 0 Å². The highest BCUT2D eigenvalue weighted by Gasteiger charge is 2.29. The lowest BCUT2D eigenvalue weighted by Gasteiger charge is -2.16. The number of aryl methyl sites for hydroxylation is 3. The van der Waals surface area contributed by atoms with Gasteiger partial charge in [0.15, 0.2) is 0 Å². The SMILES string of the molecule is COCCN1CC(CNC(=O)CCc2nnc(CCCCc3ccccc3)o2)CC1=O. The number of aromatic nitrogens is 2. The van der Waals surface area contributed by atoms with E-state index in [0.29, 0.717) is 57.3 Å². The third-order valence-electron chi connectivity index (χ3n) is 5.47. The fourth-order valence-corrected chi connectivity index (χ4v) is 3.72. The van der Waals surface area contributed by atoms with Gasteiger partial charge in [-0.1, -0.05) is 30.3 Å². The van der Waals surface area contributed by atoms with Crippen LogP contribution in [0.25, 0.3) is 0 Å². The number of nitrogens with one attached hydrogen (secondary N) is 1. The van der Waals surface area contributed by atoms with Gasteiger partial charge < -0.3 is 19.4 Å². The molecule has 1 atom stereocenters. The van der Waals surface area contributed by atoms with Crippen molar-refractivity contribution in [1.29, 1.82) is 0 Å². The van der Waals surface area contributed by atoms with Crippen LogP contribution in [-0.4, -0.2) is 60.3 Å². The Morgan fingerprint density at radius 3 is 2.68 bits per heavy atom. The number of nitrogens with zero attached hydrogens (tertiary/aromatic N) is 3. The largest absolute Gasteiger partial charge is 0.425 e. The van der Waals surface area contributed by atoms with Crippen molar-refractivity contribution in [2.45, 2.75) is 44.9 Å². The van der Waals surface area contributed by atoms with Crippen LogP contribution in [0, 0.1) is 5.92 Å². The van der Waals surface area contributed by atoms with Crippen LogP contribution in [-0.2, 0) is 33.6 Å². The van der Waals surface area contributed by atoms with Gasteiger partial charge in [0.05, 0.1) is 6.61 Å². The molecular formula is C23H32N4O4. The first-order valence-electron chi connectivity index (χ1n) is 11.0. The monoisotopic (exact) mass is 428 g/mol. The maximum Gasteiger partial charge on any atom is 0.223 e. The summed E-state index contributed by atoms with van der Waals surface area (Å²) >= 11 is 0. The molecule has 0 aliphatic carbocycles. The second-order valence-electron chi connectivity index (χ2n) is 7.99. The summed E-state index contributed by atoms with van der Waals surface area (Å²) in [5, 5.41) is 11.1. The Kier molecular flexibility index (Phi) is 9.02. The van der Waals surface area contributed by atoms with Crippen molar-refractivity contribution in [3.8, 4) is 0 Å². The van der Waals surface area contributed by atoms with Crippen LogP contribution in [0.15, 0.2) is 34.7 Å². The first-order valence-corrected chi connectivity index (χ1v) is 11.0. The van der Waals surface area contributed by atoms with Gasteiger partial charge in [-0.2, -0.15) is 0 Å². The van der Waals surface area contributed by atoms with Crippen LogP contribution in [0.4, 0.5) is 0 Å². The molecule has 1 saturated heterocycles. The topological polar surface area (TPSA) is 97.6 Å². The molecule has 2 amide bonds. The Balaban J connectivity index is 1.28. The van der Waals surface area contributed by atoms with Gasteiger partial charge in [-0.3, -0.25) is 9.59 Å². The summed E-state index contributed by atoms with van der Waals surface area (Å²) in [5.74, 6) is 1.34. The minimum absolute atomic E-state index is 0.0644. The summed E-state index contributed by atoms with van der Waals surface area (Å²) in [6.07, 6.45) is 5.03. The zero-order chi connectivity index (χ0) is 21.9. The molecule has 31 heavy (non-hydrogen) atoms. The molecule has 2 aromatic rings. The van der Waals surface area contributed by atoms with Crippen molar-refractivity contribution in [3.05, 3.63) is 47.7 Å². The van der Waals surface area contributed by atoms with Crippen molar-refractivity contribution >= 4 is 11.8 Å². The number of likely N-dealkylation sites (tertiary alicyclic amines) is 1. The highest BCUT2D eigenvalue weighted by Crippen LogP contribution is 2.16. The summed E-state index contributed by atoms with van der Waals surface area (Å²) in [6.45, 7) is 2.31. The van der Waals surface area contributed by atoms with Crippen molar-refractivity contribution in [2.24, 2.45) is 5.92 Å². The Hall–Kier alpha value is -2.74. The third-order valence-corrected chi connectivity index (χ3v) is 5.47. The van der Waals surface area contributed by atoms with Crippen molar-refractivity contribution in [2.75, 3.05) is 33.4 Å². The number of benzene rings is 1. The molecule has 1 N–H and O–H groups in total. The first-order chi connectivity index (χ1) is 15.1. The molecule has 1 unspecified atom stereocenters. The molecule has 0 spiro atoms. The summed E-state index contributed by atoms with van der Waals surface area (Å²) in [4.78, 5) is 25.9. The fourth-order valence-electron chi connectivity index (χ4n) is 3.72. The molecule has 1 aromatic carbocycles. The predicted octanol–water partition coefficient (Wildman–Crippen LogP) is 2.18. The van der Waals surface area contributed by atoms with Crippen LogP contribution < -0.4 is 5.32 Å². The zero-order valence-electron chi connectivity index (χ0n) is 18.2. The summed E-state index contributed by atoms with van der Waals surface area (Å²) in [7, 11) is 1.62.